The molecule has 3 rings (SSSR count). The number of carbonyl (C=O) groups excluding carboxylic acids is 1. The van der Waals surface area contributed by atoms with Crippen molar-refractivity contribution in [2.24, 2.45) is 5.92 Å². The highest BCUT2D eigenvalue weighted by molar-refractivity contribution is 5.92. The lowest BCUT2D eigenvalue weighted by Gasteiger charge is -2.44. The van der Waals surface area contributed by atoms with Crippen molar-refractivity contribution < 1.29 is 14.3 Å². The van der Waals surface area contributed by atoms with Crippen molar-refractivity contribution in [3.63, 3.8) is 0 Å². The summed E-state index contributed by atoms with van der Waals surface area (Å²) in [6.07, 6.45) is 3.27. The summed E-state index contributed by atoms with van der Waals surface area (Å²) in [5.41, 5.74) is 1.17. The van der Waals surface area contributed by atoms with E-state index in [9.17, 15) is 4.79 Å². The van der Waals surface area contributed by atoms with E-state index in [2.05, 4.69) is 4.98 Å². The molecule has 1 aromatic heterocycles. The largest absolute Gasteiger partial charge is 0.381 e. The zero-order chi connectivity index (χ0) is 16.3. The Hall–Kier alpha value is -1.46. The number of nitrogens with zero attached hydrogens (tertiary/aromatic N) is 2. The van der Waals surface area contributed by atoms with Crippen LogP contribution in [0.3, 0.4) is 0 Å². The average Bonchev–Trinajstić information content (AvgIpc) is 2.94. The van der Waals surface area contributed by atoms with Crippen molar-refractivity contribution in [2.45, 2.75) is 38.7 Å². The fourth-order valence-electron chi connectivity index (χ4n) is 3.81. The third-order valence-corrected chi connectivity index (χ3v) is 5.02. The summed E-state index contributed by atoms with van der Waals surface area (Å²) in [4.78, 5) is 19.1. The third kappa shape index (κ3) is 3.40. The molecule has 1 saturated heterocycles. The van der Waals surface area contributed by atoms with Crippen LogP contribution >= 0.6 is 0 Å². The highest BCUT2D eigenvalue weighted by Crippen LogP contribution is 2.41. The van der Waals surface area contributed by atoms with Crippen LogP contribution in [0.25, 0.3) is 0 Å². The maximum Gasteiger partial charge on any atom is 0.272 e. The molecule has 23 heavy (non-hydrogen) atoms. The van der Waals surface area contributed by atoms with E-state index in [1.165, 1.54) is 0 Å². The van der Waals surface area contributed by atoms with Crippen molar-refractivity contribution in [3.8, 4) is 0 Å². The fraction of sp³-hybridized carbons (Fsp3) is 0.667. The summed E-state index contributed by atoms with van der Waals surface area (Å²) in [5, 5.41) is 0. The predicted molar refractivity (Wildman–Crippen MR) is 87.4 cm³/mol. The Morgan fingerprint density at radius 1 is 1.52 bits per heavy atom. The summed E-state index contributed by atoms with van der Waals surface area (Å²) in [7, 11) is 0. The summed E-state index contributed by atoms with van der Waals surface area (Å²) in [6, 6.07) is 5.59. The second kappa shape index (κ2) is 6.97. The van der Waals surface area contributed by atoms with Gasteiger partial charge in [0.15, 0.2) is 0 Å². The first-order chi connectivity index (χ1) is 11.1. The molecule has 1 amide bonds. The van der Waals surface area contributed by atoms with E-state index in [4.69, 9.17) is 9.47 Å². The molecule has 126 valence electrons. The van der Waals surface area contributed by atoms with Gasteiger partial charge in [-0.3, -0.25) is 4.79 Å². The minimum atomic E-state index is -0.229. The molecular formula is C18H26N2O3. The maximum absolute atomic E-state index is 12.8. The van der Waals surface area contributed by atoms with E-state index in [1.54, 1.807) is 6.07 Å². The predicted octanol–water partition coefficient (Wildman–Crippen LogP) is 2.44. The van der Waals surface area contributed by atoms with Gasteiger partial charge < -0.3 is 14.4 Å². The van der Waals surface area contributed by atoms with Crippen molar-refractivity contribution in [2.75, 3.05) is 32.9 Å². The molecule has 5 nitrogen and oxygen atoms in total. The van der Waals surface area contributed by atoms with Crippen LogP contribution in [0, 0.1) is 12.8 Å². The number of hydrogen-bond donors (Lipinski definition) is 0. The summed E-state index contributed by atoms with van der Waals surface area (Å²) >= 11 is 0. The van der Waals surface area contributed by atoms with Gasteiger partial charge in [-0.05, 0) is 38.8 Å². The lowest BCUT2D eigenvalue weighted by Crippen LogP contribution is -2.56. The number of amides is 1. The van der Waals surface area contributed by atoms with Gasteiger partial charge >= 0.3 is 0 Å². The SMILES string of the molecule is CCOC[C@@H]1CCC[C@@]12CN(C(=O)c1cccc(C)n1)CCO2. The molecule has 0 unspecified atom stereocenters. The van der Waals surface area contributed by atoms with Crippen LogP contribution in [0.2, 0.25) is 0 Å². The molecule has 1 aliphatic carbocycles. The lowest BCUT2D eigenvalue weighted by molar-refractivity contribution is -0.132. The minimum absolute atomic E-state index is 0.0124. The monoisotopic (exact) mass is 318 g/mol. The molecule has 2 aliphatic rings. The summed E-state index contributed by atoms with van der Waals surface area (Å²) in [6.45, 7) is 7.26. The van der Waals surface area contributed by atoms with Crippen LogP contribution in [0.15, 0.2) is 18.2 Å². The van der Waals surface area contributed by atoms with Gasteiger partial charge in [0.05, 0.1) is 25.4 Å². The van der Waals surface area contributed by atoms with Crippen LogP contribution in [0.5, 0.6) is 0 Å². The topological polar surface area (TPSA) is 51.7 Å². The van der Waals surface area contributed by atoms with E-state index in [0.717, 1.165) is 38.2 Å². The first kappa shape index (κ1) is 16.4. The van der Waals surface area contributed by atoms with E-state index >= 15 is 0 Å². The van der Waals surface area contributed by atoms with Crippen molar-refractivity contribution in [1.82, 2.24) is 9.88 Å². The average molecular weight is 318 g/mol. The molecule has 2 heterocycles. The Morgan fingerprint density at radius 2 is 2.39 bits per heavy atom. The minimum Gasteiger partial charge on any atom is -0.381 e. The molecule has 0 aromatic carbocycles. The second-order valence-corrected chi connectivity index (χ2v) is 6.55. The number of aromatic nitrogens is 1. The quantitative estimate of drug-likeness (QED) is 0.855. The molecule has 1 saturated carbocycles. The highest BCUT2D eigenvalue weighted by Gasteiger charge is 2.48. The van der Waals surface area contributed by atoms with Crippen molar-refractivity contribution in [1.29, 1.82) is 0 Å². The van der Waals surface area contributed by atoms with Crippen LogP contribution in [0.1, 0.15) is 42.4 Å². The Kier molecular flexibility index (Phi) is 4.97. The molecule has 1 spiro atoms. The second-order valence-electron chi connectivity index (χ2n) is 6.55. The van der Waals surface area contributed by atoms with Crippen LogP contribution in [-0.4, -0.2) is 54.3 Å². The van der Waals surface area contributed by atoms with Gasteiger partial charge in [-0.25, -0.2) is 4.98 Å². The first-order valence-electron chi connectivity index (χ1n) is 8.59. The number of carbonyl (C=O) groups is 1. The van der Waals surface area contributed by atoms with Gasteiger partial charge in [-0.1, -0.05) is 12.5 Å². The maximum atomic E-state index is 12.8. The number of rotatable bonds is 4. The number of hydrogen-bond acceptors (Lipinski definition) is 4. The Morgan fingerprint density at radius 3 is 3.17 bits per heavy atom. The van der Waals surface area contributed by atoms with Gasteiger partial charge in [0, 0.05) is 24.8 Å². The molecule has 0 radical (unpaired) electrons. The number of aryl methyl sites for hydroxylation is 1. The molecule has 0 bridgehead atoms. The van der Waals surface area contributed by atoms with Crippen LogP contribution in [0.4, 0.5) is 0 Å². The van der Waals surface area contributed by atoms with Crippen LogP contribution in [-0.2, 0) is 9.47 Å². The first-order valence-corrected chi connectivity index (χ1v) is 8.59. The van der Waals surface area contributed by atoms with Gasteiger partial charge in [-0.15, -0.1) is 0 Å². The van der Waals surface area contributed by atoms with E-state index in [0.29, 0.717) is 31.3 Å². The Labute approximate surface area is 138 Å². The number of morpholine rings is 1. The van der Waals surface area contributed by atoms with Gasteiger partial charge in [0.1, 0.15) is 5.69 Å². The third-order valence-electron chi connectivity index (χ3n) is 5.02. The van der Waals surface area contributed by atoms with Crippen molar-refractivity contribution in [3.05, 3.63) is 29.6 Å². The Bertz CT molecular complexity index is 563. The molecule has 5 heteroatoms. The standard InChI is InChI=1S/C18H26N2O3/c1-3-22-12-15-7-5-9-18(15)13-20(10-11-23-18)17(21)16-8-4-6-14(2)19-16/h4,6,8,15H,3,5,7,9-13H2,1-2H3/t15-,18+/m0/s1. The molecule has 1 aliphatic heterocycles. The highest BCUT2D eigenvalue weighted by atomic mass is 16.5. The van der Waals surface area contributed by atoms with E-state index in [-0.39, 0.29) is 11.5 Å². The number of ether oxygens (including phenoxy) is 2. The summed E-state index contributed by atoms with van der Waals surface area (Å²) < 4.78 is 11.8. The molecule has 1 aromatic rings. The molecule has 2 fully saturated rings. The number of pyridine rings is 1. The van der Waals surface area contributed by atoms with Gasteiger partial charge in [0.25, 0.3) is 5.91 Å². The molecule has 2 atom stereocenters. The normalized spacial score (nSPS) is 27.6. The molecule has 0 N–H and O–H groups in total. The lowest BCUT2D eigenvalue weighted by atomic mass is 9.89. The zero-order valence-electron chi connectivity index (χ0n) is 14.1. The Balaban J connectivity index is 1.73. The van der Waals surface area contributed by atoms with Gasteiger partial charge in [-0.2, -0.15) is 0 Å². The van der Waals surface area contributed by atoms with E-state index < -0.39 is 0 Å². The fourth-order valence-corrected chi connectivity index (χ4v) is 3.81. The van der Waals surface area contributed by atoms with Crippen LogP contribution < -0.4 is 0 Å². The molecular weight excluding hydrogens is 292 g/mol. The van der Waals surface area contributed by atoms with E-state index in [1.807, 2.05) is 30.9 Å². The van der Waals surface area contributed by atoms with Gasteiger partial charge in [0.2, 0.25) is 0 Å². The van der Waals surface area contributed by atoms with Crippen molar-refractivity contribution >= 4 is 5.91 Å². The summed E-state index contributed by atoms with van der Waals surface area (Å²) in [5.74, 6) is 0.391. The smallest absolute Gasteiger partial charge is 0.272 e. The zero-order valence-corrected chi connectivity index (χ0v) is 14.1.